The van der Waals surface area contributed by atoms with Gasteiger partial charge in [-0.05, 0) is 18.4 Å². The largest absolute Gasteiger partial charge is 0.481 e. The lowest BCUT2D eigenvalue weighted by Gasteiger charge is -2.25. The molecule has 15 heteroatoms. The van der Waals surface area contributed by atoms with Gasteiger partial charge in [0.05, 0.1) is 19.3 Å². The number of nitrogens with zero attached hydrogens (tertiary/aromatic N) is 1. The monoisotopic (exact) mass is 563 g/mol. The van der Waals surface area contributed by atoms with Gasteiger partial charge in [-0.3, -0.25) is 33.8 Å². The maximum absolute atomic E-state index is 13.2. The second-order valence-corrected chi connectivity index (χ2v) is 9.05. The SMILES string of the molecule is NC=NCCCC1NC(=O)C(CS)NC(=O)C(Cc2ccccc2)NC(=O)C(CC(=O)O)NC(=O)CNC1=O. The molecule has 1 aliphatic heterocycles. The van der Waals surface area contributed by atoms with Crippen molar-refractivity contribution < 1.29 is 33.9 Å². The molecule has 2 rings (SSSR count). The topological polar surface area (TPSA) is 221 Å². The predicted molar refractivity (Wildman–Crippen MR) is 144 cm³/mol. The van der Waals surface area contributed by atoms with E-state index in [0.29, 0.717) is 12.0 Å². The van der Waals surface area contributed by atoms with E-state index in [1.165, 1.54) is 0 Å². The van der Waals surface area contributed by atoms with Crippen LogP contribution in [0.3, 0.4) is 0 Å². The Labute approximate surface area is 230 Å². The van der Waals surface area contributed by atoms with Gasteiger partial charge in [-0.15, -0.1) is 0 Å². The molecular formula is C24H33N7O7S. The molecule has 0 bridgehead atoms. The van der Waals surface area contributed by atoms with Gasteiger partial charge in [0.25, 0.3) is 0 Å². The smallest absolute Gasteiger partial charge is 0.305 e. The molecule has 4 atom stereocenters. The molecular weight excluding hydrogens is 530 g/mol. The van der Waals surface area contributed by atoms with E-state index in [1.54, 1.807) is 30.3 Å². The number of hydrogen-bond donors (Lipinski definition) is 8. The van der Waals surface area contributed by atoms with Crippen LogP contribution in [0.5, 0.6) is 0 Å². The number of carbonyl (C=O) groups excluding carboxylic acids is 5. The molecule has 1 saturated heterocycles. The van der Waals surface area contributed by atoms with Crippen molar-refractivity contribution in [3.05, 3.63) is 35.9 Å². The Morgan fingerprint density at radius 2 is 1.54 bits per heavy atom. The molecule has 4 unspecified atom stereocenters. The Morgan fingerprint density at radius 3 is 2.18 bits per heavy atom. The first-order valence-corrected chi connectivity index (χ1v) is 12.8. The number of hydrogen-bond acceptors (Lipinski definition) is 8. The first-order valence-electron chi connectivity index (χ1n) is 12.2. The van der Waals surface area contributed by atoms with Crippen LogP contribution in [0.2, 0.25) is 0 Å². The van der Waals surface area contributed by atoms with Crippen LogP contribution in [0, 0.1) is 0 Å². The van der Waals surface area contributed by atoms with Crippen LogP contribution in [0.1, 0.15) is 24.8 Å². The maximum Gasteiger partial charge on any atom is 0.305 e. The highest BCUT2D eigenvalue weighted by Crippen LogP contribution is 2.07. The van der Waals surface area contributed by atoms with Crippen LogP contribution in [-0.4, -0.2) is 90.0 Å². The highest BCUT2D eigenvalue weighted by Gasteiger charge is 2.32. The van der Waals surface area contributed by atoms with E-state index in [4.69, 9.17) is 5.73 Å². The van der Waals surface area contributed by atoms with E-state index in [1.807, 2.05) is 0 Å². The number of aliphatic carboxylic acids is 1. The molecule has 1 aromatic rings. The predicted octanol–water partition coefficient (Wildman–Crippen LogP) is -2.53. The number of aliphatic imine (C=N–C) groups is 1. The lowest BCUT2D eigenvalue weighted by Crippen LogP contribution is -2.58. The normalized spacial score (nSPS) is 23.5. The van der Waals surface area contributed by atoms with E-state index >= 15 is 0 Å². The minimum Gasteiger partial charge on any atom is -0.481 e. The number of nitrogens with two attached hydrogens (primary N) is 1. The van der Waals surface area contributed by atoms with Crippen molar-refractivity contribution in [2.75, 3.05) is 18.8 Å². The molecule has 0 saturated carbocycles. The van der Waals surface area contributed by atoms with Gasteiger partial charge in [0.1, 0.15) is 24.2 Å². The summed E-state index contributed by atoms with van der Waals surface area (Å²) in [5, 5.41) is 21.5. The van der Waals surface area contributed by atoms with Crippen LogP contribution < -0.4 is 32.3 Å². The second kappa shape index (κ2) is 16.0. The number of thiol groups is 1. The summed E-state index contributed by atoms with van der Waals surface area (Å²) in [6.45, 7) is -0.300. The minimum absolute atomic E-state index is 0.0113. The number of benzene rings is 1. The number of carboxylic acid groups (broad SMARTS) is 1. The summed E-state index contributed by atoms with van der Waals surface area (Å²) in [7, 11) is 0. The van der Waals surface area contributed by atoms with Crippen LogP contribution in [0.15, 0.2) is 35.3 Å². The lowest BCUT2D eigenvalue weighted by atomic mass is 10.0. The highest BCUT2D eigenvalue weighted by molar-refractivity contribution is 7.80. The third kappa shape index (κ3) is 10.6. The second-order valence-electron chi connectivity index (χ2n) is 8.69. The van der Waals surface area contributed by atoms with Crippen molar-refractivity contribution in [3.63, 3.8) is 0 Å². The Bertz CT molecular complexity index is 1070. The lowest BCUT2D eigenvalue weighted by molar-refractivity contribution is -0.141. The summed E-state index contributed by atoms with van der Waals surface area (Å²) < 4.78 is 0. The third-order valence-electron chi connectivity index (χ3n) is 5.70. The summed E-state index contributed by atoms with van der Waals surface area (Å²) >= 11 is 4.16. The molecule has 39 heavy (non-hydrogen) atoms. The van der Waals surface area contributed by atoms with E-state index in [2.05, 4.69) is 44.2 Å². The average Bonchev–Trinajstić information content (AvgIpc) is 2.90. The molecule has 5 amide bonds. The Balaban J connectivity index is 2.38. The van der Waals surface area contributed by atoms with Gasteiger partial charge in [0.15, 0.2) is 0 Å². The Hall–Kier alpha value is -4.14. The van der Waals surface area contributed by atoms with Gasteiger partial charge >= 0.3 is 5.97 Å². The van der Waals surface area contributed by atoms with Gasteiger partial charge in [-0.25, -0.2) is 0 Å². The standard InChI is InChI=1S/C24H33N7O7S/c25-13-26-8-4-7-15-21(35)27-11-19(32)28-17(10-20(33)34)23(37)30-16(9-14-5-2-1-3-6-14)22(36)31-18(12-39)24(38)29-15/h1-3,5-6,13,15-18,39H,4,7-12H2,(H2,25,26)(H,27,35)(H,28,32)(H,29,38)(H,30,37)(H,31,36)(H,33,34). The molecule has 1 heterocycles. The number of rotatable bonds is 9. The van der Waals surface area contributed by atoms with Crippen LogP contribution in [-0.2, 0) is 35.2 Å². The molecule has 8 N–H and O–H groups in total. The fourth-order valence-corrected chi connectivity index (χ4v) is 3.98. The van der Waals surface area contributed by atoms with Crippen molar-refractivity contribution >= 4 is 54.5 Å². The van der Waals surface area contributed by atoms with E-state index in [-0.39, 0.29) is 25.1 Å². The van der Waals surface area contributed by atoms with Crippen LogP contribution in [0.4, 0.5) is 0 Å². The zero-order valence-electron chi connectivity index (χ0n) is 21.1. The summed E-state index contributed by atoms with van der Waals surface area (Å²) in [6, 6.07) is 3.68. The summed E-state index contributed by atoms with van der Waals surface area (Å²) in [4.78, 5) is 79.8. The van der Waals surface area contributed by atoms with Gasteiger partial charge in [-0.2, -0.15) is 12.6 Å². The Kier molecular flexibility index (Phi) is 12.7. The fourth-order valence-electron chi connectivity index (χ4n) is 3.72. The molecule has 1 aromatic carbocycles. The van der Waals surface area contributed by atoms with Gasteiger partial charge in [-0.1, -0.05) is 30.3 Å². The molecule has 1 aliphatic rings. The highest BCUT2D eigenvalue weighted by atomic mass is 32.1. The average molecular weight is 564 g/mol. The molecule has 14 nitrogen and oxygen atoms in total. The Morgan fingerprint density at radius 1 is 0.923 bits per heavy atom. The zero-order valence-corrected chi connectivity index (χ0v) is 22.0. The van der Waals surface area contributed by atoms with Crippen molar-refractivity contribution in [2.45, 2.75) is 49.9 Å². The van der Waals surface area contributed by atoms with E-state index < -0.39 is 72.6 Å². The first-order chi connectivity index (χ1) is 18.6. The zero-order chi connectivity index (χ0) is 28.8. The van der Waals surface area contributed by atoms with Crippen molar-refractivity contribution in [1.82, 2.24) is 26.6 Å². The fraction of sp³-hybridized carbons (Fsp3) is 0.458. The number of amides is 5. The quantitative estimate of drug-likeness (QED) is 0.0691. The molecule has 0 aliphatic carbocycles. The van der Waals surface area contributed by atoms with E-state index in [0.717, 1.165) is 6.34 Å². The molecule has 0 radical (unpaired) electrons. The first kappa shape index (κ1) is 31.1. The molecule has 0 aromatic heterocycles. The number of carboxylic acids is 1. The summed E-state index contributed by atoms with van der Waals surface area (Å²) in [5.41, 5.74) is 5.91. The van der Waals surface area contributed by atoms with E-state index in [9.17, 15) is 33.9 Å². The number of nitrogens with one attached hydrogen (secondary N) is 5. The molecule has 1 fully saturated rings. The molecule has 0 spiro atoms. The van der Waals surface area contributed by atoms with Crippen LogP contribution in [0.25, 0.3) is 0 Å². The van der Waals surface area contributed by atoms with Crippen molar-refractivity contribution in [2.24, 2.45) is 10.7 Å². The molecule has 212 valence electrons. The van der Waals surface area contributed by atoms with Gasteiger partial charge in [0, 0.05) is 18.7 Å². The number of carbonyl (C=O) groups is 6. The third-order valence-corrected chi connectivity index (χ3v) is 6.07. The minimum atomic E-state index is -1.53. The maximum atomic E-state index is 13.2. The van der Waals surface area contributed by atoms with Crippen molar-refractivity contribution in [3.8, 4) is 0 Å². The van der Waals surface area contributed by atoms with Gasteiger partial charge in [0.2, 0.25) is 29.5 Å². The summed E-state index contributed by atoms with van der Waals surface area (Å²) in [6.07, 6.45) is 0.864. The van der Waals surface area contributed by atoms with Crippen LogP contribution >= 0.6 is 12.6 Å². The van der Waals surface area contributed by atoms with Gasteiger partial charge < -0.3 is 37.4 Å². The van der Waals surface area contributed by atoms with Crippen molar-refractivity contribution in [1.29, 1.82) is 0 Å². The summed E-state index contributed by atoms with van der Waals surface area (Å²) in [5.74, 6) is -5.40.